The molecule has 0 radical (unpaired) electrons. The predicted octanol–water partition coefficient (Wildman–Crippen LogP) is 2.76. The van der Waals surface area contributed by atoms with Gasteiger partial charge in [0.2, 0.25) is 0 Å². The standard InChI is InChI=1S/C25H27N3O4S/c1-7-32-24(30)21-15(3)26-25-28(22(21)18-10-8-9-11-19(18)31-6)23(29)20(33-25)13-17-12-14(2)27(5)16(17)4/h8-13,22H,7H2,1-6H3/b20-13+/t22-/m1/s1. The largest absolute Gasteiger partial charge is 0.496 e. The molecular weight excluding hydrogens is 438 g/mol. The Balaban J connectivity index is 2.01. The Bertz CT molecular complexity index is 1460. The van der Waals surface area contributed by atoms with E-state index in [-0.39, 0.29) is 12.2 Å². The van der Waals surface area contributed by atoms with Gasteiger partial charge in [-0.15, -0.1) is 0 Å². The second kappa shape index (κ2) is 8.86. The first-order chi connectivity index (χ1) is 15.8. The minimum absolute atomic E-state index is 0.204. The maximum atomic E-state index is 13.7. The van der Waals surface area contributed by atoms with Gasteiger partial charge in [0.15, 0.2) is 4.80 Å². The molecule has 0 fully saturated rings. The van der Waals surface area contributed by atoms with Crippen molar-refractivity contribution in [2.45, 2.75) is 33.7 Å². The molecule has 4 rings (SSSR count). The van der Waals surface area contributed by atoms with Crippen molar-refractivity contribution in [3.05, 3.63) is 83.8 Å². The maximum Gasteiger partial charge on any atom is 0.338 e. The summed E-state index contributed by atoms with van der Waals surface area (Å²) in [6.45, 7) is 7.81. The van der Waals surface area contributed by atoms with Crippen LogP contribution in [0, 0.1) is 13.8 Å². The van der Waals surface area contributed by atoms with E-state index in [1.54, 1.807) is 25.5 Å². The van der Waals surface area contributed by atoms with Gasteiger partial charge in [0.1, 0.15) is 11.8 Å². The third-order valence-electron chi connectivity index (χ3n) is 6.05. The zero-order valence-corrected chi connectivity index (χ0v) is 20.4. The molecule has 0 aliphatic carbocycles. The molecule has 0 unspecified atom stereocenters. The lowest BCUT2D eigenvalue weighted by Gasteiger charge is -2.25. The summed E-state index contributed by atoms with van der Waals surface area (Å²) >= 11 is 1.32. The first kappa shape index (κ1) is 22.8. The van der Waals surface area contributed by atoms with Crippen LogP contribution in [0.2, 0.25) is 0 Å². The molecule has 0 bridgehead atoms. The molecule has 3 aromatic rings. The minimum Gasteiger partial charge on any atom is -0.496 e. The van der Waals surface area contributed by atoms with Gasteiger partial charge in [-0.3, -0.25) is 9.36 Å². The van der Waals surface area contributed by atoms with Gasteiger partial charge < -0.3 is 14.0 Å². The predicted molar refractivity (Wildman–Crippen MR) is 128 cm³/mol. The van der Waals surface area contributed by atoms with E-state index in [4.69, 9.17) is 9.47 Å². The van der Waals surface area contributed by atoms with E-state index in [2.05, 4.69) is 15.6 Å². The van der Waals surface area contributed by atoms with Crippen LogP contribution >= 0.6 is 11.3 Å². The summed E-state index contributed by atoms with van der Waals surface area (Å²) in [5.74, 6) is 0.0987. The normalized spacial score (nSPS) is 15.9. The smallest absolute Gasteiger partial charge is 0.338 e. The molecule has 1 aliphatic rings. The zero-order chi connectivity index (χ0) is 23.9. The highest BCUT2D eigenvalue weighted by molar-refractivity contribution is 7.07. The van der Waals surface area contributed by atoms with E-state index in [1.807, 2.05) is 51.2 Å². The van der Waals surface area contributed by atoms with Gasteiger partial charge in [0.25, 0.3) is 5.56 Å². The van der Waals surface area contributed by atoms with Crippen molar-refractivity contribution in [3.8, 4) is 5.75 Å². The Morgan fingerprint density at radius 1 is 1.24 bits per heavy atom. The number of aromatic nitrogens is 2. The van der Waals surface area contributed by atoms with Gasteiger partial charge in [-0.25, -0.2) is 9.79 Å². The van der Waals surface area contributed by atoms with Crippen LogP contribution in [-0.2, 0) is 16.6 Å². The highest BCUT2D eigenvalue weighted by Gasteiger charge is 2.34. The molecule has 1 aromatic carbocycles. The van der Waals surface area contributed by atoms with Crippen molar-refractivity contribution < 1.29 is 14.3 Å². The molecule has 33 heavy (non-hydrogen) atoms. The van der Waals surface area contributed by atoms with Crippen molar-refractivity contribution in [3.63, 3.8) is 0 Å². The third-order valence-corrected chi connectivity index (χ3v) is 7.03. The van der Waals surface area contributed by atoms with E-state index in [0.717, 1.165) is 17.0 Å². The van der Waals surface area contributed by atoms with Crippen LogP contribution in [0.15, 0.2) is 51.4 Å². The number of aryl methyl sites for hydroxylation is 1. The van der Waals surface area contributed by atoms with E-state index < -0.39 is 12.0 Å². The summed E-state index contributed by atoms with van der Waals surface area (Å²) in [7, 11) is 3.57. The van der Waals surface area contributed by atoms with Crippen molar-refractivity contribution in [1.29, 1.82) is 0 Å². The van der Waals surface area contributed by atoms with Crippen LogP contribution in [0.4, 0.5) is 0 Å². The Labute approximate surface area is 195 Å². The first-order valence-electron chi connectivity index (χ1n) is 10.7. The first-order valence-corrected chi connectivity index (χ1v) is 11.6. The van der Waals surface area contributed by atoms with Gasteiger partial charge >= 0.3 is 5.97 Å². The molecule has 1 aliphatic heterocycles. The number of hydrogen-bond acceptors (Lipinski definition) is 6. The van der Waals surface area contributed by atoms with Crippen LogP contribution < -0.4 is 19.6 Å². The topological polar surface area (TPSA) is 74.8 Å². The van der Waals surface area contributed by atoms with Crippen LogP contribution in [0.25, 0.3) is 6.08 Å². The molecule has 1 atom stereocenters. The van der Waals surface area contributed by atoms with E-state index >= 15 is 0 Å². The molecular formula is C25H27N3O4S. The number of rotatable bonds is 5. The molecule has 3 heterocycles. The second-order valence-corrected chi connectivity index (χ2v) is 8.94. The Hall–Kier alpha value is -3.39. The van der Waals surface area contributed by atoms with Crippen molar-refractivity contribution >= 4 is 23.4 Å². The molecule has 0 saturated carbocycles. The van der Waals surface area contributed by atoms with E-state index in [1.165, 1.54) is 11.3 Å². The van der Waals surface area contributed by atoms with Crippen LogP contribution in [0.1, 0.15) is 42.4 Å². The Morgan fingerprint density at radius 2 is 1.97 bits per heavy atom. The number of hydrogen-bond donors (Lipinski definition) is 0. The minimum atomic E-state index is -0.697. The number of methoxy groups -OCH3 is 1. The SMILES string of the molecule is CCOC(=O)C1=C(C)N=c2s/c(=C/c3cc(C)n(C)c3C)c(=O)n2[C@@H]1c1ccccc1OC. The fourth-order valence-electron chi connectivity index (χ4n) is 4.15. The highest BCUT2D eigenvalue weighted by atomic mass is 32.1. The molecule has 8 heteroatoms. The van der Waals surface area contributed by atoms with Crippen molar-refractivity contribution in [2.24, 2.45) is 12.0 Å². The summed E-state index contributed by atoms with van der Waals surface area (Å²) in [5.41, 5.74) is 4.54. The molecule has 172 valence electrons. The lowest BCUT2D eigenvalue weighted by Crippen LogP contribution is -2.40. The van der Waals surface area contributed by atoms with E-state index in [9.17, 15) is 9.59 Å². The molecule has 2 aromatic heterocycles. The summed E-state index contributed by atoms with van der Waals surface area (Å²) in [6.07, 6.45) is 1.90. The monoisotopic (exact) mass is 465 g/mol. The number of thiazole rings is 1. The number of esters is 1. The van der Waals surface area contributed by atoms with Crippen molar-refractivity contribution in [2.75, 3.05) is 13.7 Å². The van der Waals surface area contributed by atoms with Gasteiger partial charge in [0.05, 0.1) is 29.5 Å². The average molecular weight is 466 g/mol. The number of nitrogens with zero attached hydrogens (tertiary/aromatic N) is 3. The Kier molecular flexibility index (Phi) is 6.12. The number of para-hydroxylation sites is 1. The number of carbonyl (C=O) groups is 1. The summed E-state index contributed by atoms with van der Waals surface area (Å²) in [6, 6.07) is 8.76. The third kappa shape index (κ3) is 3.84. The molecule has 0 N–H and O–H groups in total. The van der Waals surface area contributed by atoms with E-state index in [0.29, 0.717) is 31.9 Å². The molecule has 0 saturated heterocycles. The van der Waals surface area contributed by atoms with Crippen LogP contribution in [-0.4, -0.2) is 28.8 Å². The van der Waals surface area contributed by atoms with Gasteiger partial charge in [-0.2, -0.15) is 0 Å². The van der Waals surface area contributed by atoms with Crippen LogP contribution in [0.3, 0.4) is 0 Å². The number of carbonyl (C=O) groups excluding carboxylic acids is 1. The number of allylic oxidation sites excluding steroid dienone is 1. The fourth-order valence-corrected chi connectivity index (χ4v) is 5.19. The number of fused-ring (bicyclic) bond motifs is 1. The zero-order valence-electron chi connectivity index (χ0n) is 19.6. The number of benzene rings is 1. The van der Waals surface area contributed by atoms with Gasteiger partial charge in [-0.05, 0) is 51.5 Å². The lowest BCUT2D eigenvalue weighted by atomic mass is 9.95. The fraction of sp³-hybridized carbons (Fsp3) is 0.320. The Morgan fingerprint density at radius 3 is 2.61 bits per heavy atom. The molecule has 0 spiro atoms. The van der Waals surface area contributed by atoms with Gasteiger partial charge in [-0.1, -0.05) is 29.5 Å². The molecule has 7 nitrogen and oxygen atoms in total. The quantitative estimate of drug-likeness (QED) is 0.543. The average Bonchev–Trinajstić information content (AvgIpc) is 3.23. The lowest BCUT2D eigenvalue weighted by molar-refractivity contribution is -0.139. The summed E-state index contributed by atoms with van der Waals surface area (Å²) < 4.78 is 15.2. The molecule has 0 amide bonds. The number of ether oxygens (including phenoxy) is 2. The second-order valence-electron chi connectivity index (χ2n) is 7.93. The van der Waals surface area contributed by atoms with Gasteiger partial charge in [0, 0.05) is 24.0 Å². The summed E-state index contributed by atoms with van der Waals surface area (Å²) in [4.78, 5) is 31.9. The van der Waals surface area contributed by atoms with Crippen molar-refractivity contribution in [1.82, 2.24) is 9.13 Å². The van der Waals surface area contributed by atoms with Crippen LogP contribution in [0.5, 0.6) is 5.75 Å². The highest BCUT2D eigenvalue weighted by Crippen LogP contribution is 2.35. The summed E-state index contributed by atoms with van der Waals surface area (Å²) in [5, 5.41) is 0. The maximum absolute atomic E-state index is 13.7.